The van der Waals surface area contributed by atoms with Crippen LogP contribution in [0.4, 0.5) is 0 Å². The lowest BCUT2D eigenvalue weighted by Crippen LogP contribution is -2.30. The van der Waals surface area contributed by atoms with Gasteiger partial charge in [0.15, 0.2) is 0 Å². The molecule has 0 unspecified atom stereocenters. The number of amides is 1. The summed E-state index contributed by atoms with van der Waals surface area (Å²) in [6, 6.07) is 2.03. The first-order valence-electron chi connectivity index (χ1n) is 4.37. The molecule has 1 amide bonds. The van der Waals surface area contributed by atoms with E-state index in [9.17, 15) is 4.79 Å². The van der Waals surface area contributed by atoms with E-state index in [-0.39, 0.29) is 5.91 Å². The average Bonchev–Trinajstić information content (AvgIpc) is 2.61. The number of rotatable bonds is 1. The van der Waals surface area contributed by atoms with E-state index in [1.54, 1.807) is 11.3 Å². The zero-order valence-corrected chi connectivity index (χ0v) is 8.06. The quantitative estimate of drug-likeness (QED) is 0.679. The van der Waals surface area contributed by atoms with Crippen LogP contribution in [0.25, 0.3) is 6.08 Å². The Morgan fingerprint density at radius 1 is 1.54 bits per heavy atom. The SMILES string of the molecule is O=C1NCCC/C1=C\c1ccsc1. The minimum absolute atomic E-state index is 0.0949. The summed E-state index contributed by atoms with van der Waals surface area (Å²) in [6.45, 7) is 0.819. The highest BCUT2D eigenvalue weighted by Crippen LogP contribution is 2.16. The van der Waals surface area contributed by atoms with Gasteiger partial charge in [0.25, 0.3) is 0 Å². The van der Waals surface area contributed by atoms with Crippen molar-refractivity contribution in [1.82, 2.24) is 5.32 Å². The molecular formula is C10H11NOS. The van der Waals surface area contributed by atoms with E-state index in [1.165, 1.54) is 0 Å². The smallest absolute Gasteiger partial charge is 0.247 e. The normalized spacial score (nSPS) is 20.3. The first-order chi connectivity index (χ1) is 6.36. The number of piperidine rings is 1. The lowest BCUT2D eigenvalue weighted by molar-refractivity contribution is -0.118. The van der Waals surface area contributed by atoms with Crippen LogP contribution in [0.15, 0.2) is 22.4 Å². The maximum Gasteiger partial charge on any atom is 0.247 e. The van der Waals surface area contributed by atoms with E-state index in [2.05, 4.69) is 10.7 Å². The van der Waals surface area contributed by atoms with Crippen molar-refractivity contribution in [3.63, 3.8) is 0 Å². The Balaban J connectivity index is 2.19. The molecule has 13 heavy (non-hydrogen) atoms. The molecule has 1 saturated heterocycles. The minimum Gasteiger partial charge on any atom is -0.352 e. The van der Waals surface area contributed by atoms with E-state index in [1.807, 2.05) is 17.5 Å². The summed E-state index contributed by atoms with van der Waals surface area (Å²) in [5, 5.41) is 6.91. The Morgan fingerprint density at radius 2 is 2.46 bits per heavy atom. The second kappa shape index (κ2) is 3.75. The van der Waals surface area contributed by atoms with Gasteiger partial charge in [-0.2, -0.15) is 11.3 Å². The molecule has 2 nitrogen and oxygen atoms in total. The van der Waals surface area contributed by atoms with Gasteiger partial charge in [-0.1, -0.05) is 0 Å². The molecule has 1 aliphatic heterocycles. The van der Waals surface area contributed by atoms with Gasteiger partial charge in [-0.15, -0.1) is 0 Å². The second-order valence-corrected chi connectivity index (χ2v) is 3.87. The lowest BCUT2D eigenvalue weighted by atomic mass is 10.0. The summed E-state index contributed by atoms with van der Waals surface area (Å²) in [7, 11) is 0. The van der Waals surface area contributed by atoms with Crippen molar-refractivity contribution < 1.29 is 4.79 Å². The van der Waals surface area contributed by atoms with Crippen LogP contribution in [0.2, 0.25) is 0 Å². The van der Waals surface area contributed by atoms with Crippen LogP contribution >= 0.6 is 11.3 Å². The summed E-state index contributed by atoms with van der Waals surface area (Å²) in [4.78, 5) is 11.3. The number of nitrogens with one attached hydrogen (secondary N) is 1. The fourth-order valence-corrected chi connectivity index (χ4v) is 2.02. The summed E-state index contributed by atoms with van der Waals surface area (Å²) in [5.74, 6) is 0.0949. The highest BCUT2D eigenvalue weighted by molar-refractivity contribution is 7.08. The summed E-state index contributed by atoms with van der Waals surface area (Å²) in [5.41, 5.74) is 2.04. The number of thiophene rings is 1. The van der Waals surface area contributed by atoms with Crippen molar-refractivity contribution in [2.75, 3.05) is 6.54 Å². The van der Waals surface area contributed by atoms with Crippen molar-refractivity contribution in [3.8, 4) is 0 Å². The Morgan fingerprint density at radius 3 is 3.15 bits per heavy atom. The molecule has 1 N–H and O–H groups in total. The van der Waals surface area contributed by atoms with Crippen molar-refractivity contribution >= 4 is 23.3 Å². The minimum atomic E-state index is 0.0949. The molecule has 3 heteroatoms. The molecule has 0 atom stereocenters. The molecule has 0 radical (unpaired) electrons. The third kappa shape index (κ3) is 1.98. The summed E-state index contributed by atoms with van der Waals surface area (Å²) < 4.78 is 0. The highest BCUT2D eigenvalue weighted by Gasteiger charge is 2.13. The Kier molecular flexibility index (Phi) is 2.45. The van der Waals surface area contributed by atoms with Gasteiger partial charge in [0.2, 0.25) is 5.91 Å². The van der Waals surface area contributed by atoms with Crippen LogP contribution in [0, 0.1) is 0 Å². The van der Waals surface area contributed by atoms with Crippen LogP contribution in [0.1, 0.15) is 18.4 Å². The van der Waals surface area contributed by atoms with Gasteiger partial charge < -0.3 is 5.32 Å². The van der Waals surface area contributed by atoms with Crippen LogP contribution in [0.5, 0.6) is 0 Å². The second-order valence-electron chi connectivity index (χ2n) is 3.09. The van der Waals surface area contributed by atoms with Crippen molar-refractivity contribution in [2.45, 2.75) is 12.8 Å². The number of carbonyl (C=O) groups is 1. The molecule has 0 saturated carbocycles. The maximum absolute atomic E-state index is 11.3. The van der Waals surface area contributed by atoms with Gasteiger partial charge in [-0.25, -0.2) is 0 Å². The van der Waals surface area contributed by atoms with Gasteiger partial charge in [-0.05, 0) is 41.3 Å². The first-order valence-corrected chi connectivity index (χ1v) is 5.31. The Hall–Kier alpha value is -1.09. The van der Waals surface area contributed by atoms with Crippen molar-refractivity contribution in [1.29, 1.82) is 0 Å². The number of hydrogen-bond donors (Lipinski definition) is 1. The molecule has 2 heterocycles. The van der Waals surface area contributed by atoms with Gasteiger partial charge >= 0.3 is 0 Å². The van der Waals surface area contributed by atoms with Crippen molar-refractivity contribution in [2.24, 2.45) is 0 Å². The summed E-state index contributed by atoms with van der Waals surface area (Å²) >= 11 is 1.65. The molecule has 0 bridgehead atoms. The molecular weight excluding hydrogens is 182 g/mol. The molecule has 68 valence electrons. The molecule has 1 aromatic heterocycles. The van der Waals surface area contributed by atoms with Crippen LogP contribution in [0.3, 0.4) is 0 Å². The topological polar surface area (TPSA) is 29.1 Å². The monoisotopic (exact) mass is 193 g/mol. The molecule has 1 aromatic rings. The van der Waals surface area contributed by atoms with Crippen LogP contribution < -0.4 is 5.32 Å². The zero-order chi connectivity index (χ0) is 9.10. The van der Waals surface area contributed by atoms with Gasteiger partial charge in [0.05, 0.1) is 0 Å². The zero-order valence-electron chi connectivity index (χ0n) is 7.25. The van der Waals surface area contributed by atoms with E-state index in [0.717, 1.165) is 30.5 Å². The van der Waals surface area contributed by atoms with Crippen LogP contribution in [-0.4, -0.2) is 12.5 Å². The lowest BCUT2D eigenvalue weighted by Gasteiger charge is -2.14. The first kappa shape index (κ1) is 8.51. The van der Waals surface area contributed by atoms with Crippen LogP contribution in [-0.2, 0) is 4.79 Å². The average molecular weight is 193 g/mol. The Labute approximate surface area is 81.3 Å². The molecule has 2 rings (SSSR count). The van der Waals surface area contributed by atoms with E-state index in [0.29, 0.717) is 0 Å². The summed E-state index contributed by atoms with van der Waals surface area (Å²) in [6.07, 6.45) is 3.94. The third-order valence-electron chi connectivity index (χ3n) is 2.08. The largest absolute Gasteiger partial charge is 0.352 e. The number of hydrogen-bond acceptors (Lipinski definition) is 2. The molecule has 1 aliphatic rings. The standard InChI is InChI=1S/C10H11NOS/c12-10-9(2-1-4-11-10)6-8-3-5-13-7-8/h3,5-7H,1-2,4H2,(H,11,12)/b9-6+. The van der Waals surface area contributed by atoms with Crippen molar-refractivity contribution in [3.05, 3.63) is 28.0 Å². The van der Waals surface area contributed by atoms with Gasteiger partial charge in [-0.3, -0.25) is 4.79 Å². The maximum atomic E-state index is 11.3. The Bertz CT molecular complexity index is 327. The third-order valence-corrected chi connectivity index (χ3v) is 2.79. The van der Waals surface area contributed by atoms with E-state index < -0.39 is 0 Å². The number of carbonyl (C=O) groups excluding carboxylic acids is 1. The van der Waals surface area contributed by atoms with E-state index in [4.69, 9.17) is 0 Å². The fraction of sp³-hybridized carbons (Fsp3) is 0.300. The molecule has 0 aliphatic carbocycles. The predicted octanol–water partition coefficient (Wildman–Crippen LogP) is 2.04. The fourth-order valence-electron chi connectivity index (χ4n) is 1.40. The molecule has 0 spiro atoms. The van der Waals surface area contributed by atoms with Gasteiger partial charge in [0.1, 0.15) is 0 Å². The molecule has 0 aromatic carbocycles. The van der Waals surface area contributed by atoms with Gasteiger partial charge in [0, 0.05) is 12.1 Å². The highest BCUT2D eigenvalue weighted by atomic mass is 32.1. The van der Waals surface area contributed by atoms with E-state index >= 15 is 0 Å². The molecule has 1 fully saturated rings. The predicted molar refractivity (Wildman–Crippen MR) is 54.5 cm³/mol.